The van der Waals surface area contributed by atoms with E-state index in [1.165, 1.54) is 0 Å². The molecule has 0 rings (SSSR count). The zero-order valence-electron chi connectivity index (χ0n) is 10.0. The van der Waals surface area contributed by atoms with Crippen molar-refractivity contribution in [3.05, 3.63) is 0 Å². The third-order valence-corrected chi connectivity index (χ3v) is 2.39. The third-order valence-electron chi connectivity index (χ3n) is 2.39. The molecule has 0 aromatic carbocycles. The minimum Gasteiger partial charge on any atom is -0.380 e. The van der Waals surface area contributed by atoms with Crippen molar-refractivity contribution in [3.63, 3.8) is 0 Å². The van der Waals surface area contributed by atoms with Gasteiger partial charge in [0.25, 0.3) is 0 Å². The summed E-state index contributed by atoms with van der Waals surface area (Å²) in [4.78, 5) is 0. The molecule has 0 spiro atoms. The quantitative estimate of drug-likeness (QED) is 0.613. The van der Waals surface area contributed by atoms with Crippen molar-refractivity contribution in [2.45, 2.75) is 51.7 Å². The number of rotatable bonds is 8. The van der Waals surface area contributed by atoms with Crippen LogP contribution in [0.2, 0.25) is 0 Å². The average Bonchev–Trinajstić information content (AvgIpc) is 2.13. The monoisotopic (exact) mass is 203 g/mol. The fraction of sp³-hybridized carbons (Fsp3) is 1.00. The Balaban J connectivity index is 3.37. The van der Waals surface area contributed by atoms with Crippen LogP contribution in [0.25, 0.3) is 0 Å². The molecule has 0 fully saturated rings. The lowest BCUT2D eigenvalue weighted by molar-refractivity contribution is -0.0115. The fourth-order valence-corrected chi connectivity index (χ4v) is 1.11. The van der Waals surface area contributed by atoms with E-state index in [9.17, 15) is 0 Å². The first-order valence-electron chi connectivity index (χ1n) is 5.40. The number of hydrogen-bond donors (Lipinski definition) is 1. The van der Waals surface area contributed by atoms with Crippen LogP contribution in [0.3, 0.4) is 0 Å². The number of ether oxygens (including phenoxy) is 2. The van der Waals surface area contributed by atoms with Gasteiger partial charge in [-0.05, 0) is 26.7 Å². The molecule has 0 bridgehead atoms. The molecule has 0 aromatic heterocycles. The second kappa shape index (κ2) is 7.21. The molecule has 0 heterocycles. The molecule has 2 N–H and O–H groups in total. The molecule has 86 valence electrons. The maximum Gasteiger partial charge on any atom is 0.0644 e. The van der Waals surface area contributed by atoms with Gasteiger partial charge in [-0.15, -0.1) is 0 Å². The molecule has 0 saturated heterocycles. The summed E-state index contributed by atoms with van der Waals surface area (Å²) in [6, 6.07) is 0.186. The molecule has 1 unspecified atom stereocenters. The molecule has 0 aliphatic rings. The second-order valence-electron chi connectivity index (χ2n) is 4.34. The van der Waals surface area contributed by atoms with Gasteiger partial charge >= 0.3 is 0 Å². The fourth-order valence-electron chi connectivity index (χ4n) is 1.11. The van der Waals surface area contributed by atoms with E-state index < -0.39 is 0 Å². The van der Waals surface area contributed by atoms with Crippen molar-refractivity contribution >= 4 is 0 Å². The van der Waals surface area contributed by atoms with Crippen LogP contribution in [0.1, 0.15) is 40.0 Å². The molecular weight excluding hydrogens is 178 g/mol. The third kappa shape index (κ3) is 7.30. The van der Waals surface area contributed by atoms with Crippen LogP contribution < -0.4 is 5.73 Å². The standard InChI is InChI=1S/C11H25NO2/c1-5-6-10(12)9-14-8-7-11(2,3)13-4/h10H,5-9,12H2,1-4H3. The highest BCUT2D eigenvalue weighted by Gasteiger charge is 2.15. The van der Waals surface area contributed by atoms with Gasteiger partial charge in [0, 0.05) is 19.8 Å². The van der Waals surface area contributed by atoms with Gasteiger partial charge in [-0.3, -0.25) is 0 Å². The van der Waals surface area contributed by atoms with Gasteiger partial charge in [-0.2, -0.15) is 0 Å². The molecule has 0 aliphatic carbocycles. The topological polar surface area (TPSA) is 44.5 Å². The summed E-state index contributed by atoms with van der Waals surface area (Å²) in [5.41, 5.74) is 5.72. The molecule has 0 aromatic rings. The Hall–Kier alpha value is -0.120. The Bertz CT molecular complexity index is 137. The van der Waals surface area contributed by atoms with Gasteiger partial charge in [-0.25, -0.2) is 0 Å². The molecule has 0 aliphatic heterocycles. The number of hydrogen-bond acceptors (Lipinski definition) is 3. The van der Waals surface area contributed by atoms with E-state index in [4.69, 9.17) is 15.2 Å². The Morgan fingerprint density at radius 2 is 2.00 bits per heavy atom. The van der Waals surface area contributed by atoms with Crippen LogP contribution in [0.5, 0.6) is 0 Å². The summed E-state index contributed by atoms with van der Waals surface area (Å²) in [6.07, 6.45) is 3.06. The summed E-state index contributed by atoms with van der Waals surface area (Å²) >= 11 is 0. The van der Waals surface area contributed by atoms with Gasteiger partial charge in [-0.1, -0.05) is 13.3 Å². The lowest BCUT2D eigenvalue weighted by atomic mass is 10.1. The smallest absolute Gasteiger partial charge is 0.0644 e. The Morgan fingerprint density at radius 1 is 1.36 bits per heavy atom. The molecular formula is C11H25NO2. The van der Waals surface area contributed by atoms with E-state index in [0.717, 1.165) is 25.9 Å². The minimum atomic E-state index is -0.0884. The van der Waals surface area contributed by atoms with Crippen LogP contribution in [0.4, 0.5) is 0 Å². The van der Waals surface area contributed by atoms with E-state index in [-0.39, 0.29) is 11.6 Å². The van der Waals surface area contributed by atoms with Gasteiger partial charge in [0.1, 0.15) is 0 Å². The van der Waals surface area contributed by atoms with Crippen molar-refractivity contribution < 1.29 is 9.47 Å². The molecule has 1 atom stereocenters. The normalized spacial score (nSPS) is 14.4. The highest BCUT2D eigenvalue weighted by molar-refractivity contribution is 4.67. The van der Waals surface area contributed by atoms with Gasteiger partial charge in [0.15, 0.2) is 0 Å². The largest absolute Gasteiger partial charge is 0.380 e. The number of nitrogens with two attached hydrogens (primary N) is 1. The number of methoxy groups -OCH3 is 1. The van der Waals surface area contributed by atoms with Crippen molar-refractivity contribution in [2.24, 2.45) is 5.73 Å². The molecule has 3 heteroatoms. The molecule has 0 amide bonds. The van der Waals surface area contributed by atoms with Crippen LogP contribution in [-0.2, 0) is 9.47 Å². The van der Waals surface area contributed by atoms with Gasteiger partial charge < -0.3 is 15.2 Å². The maximum atomic E-state index is 5.81. The first-order valence-corrected chi connectivity index (χ1v) is 5.40. The molecule has 14 heavy (non-hydrogen) atoms. The summed E-state index contributed by atoms with van der Waals surface area (Å²) in [7, 11) is 1.73. The van der Waals surface area contributed by atoms with E-state index >= 15 is 0 Å². The van der Waals surface area contributed by atoms with Crippen molar-refractivity contribution in [2.75, 3.05) is 20.3 Å². The van der Waals surface area contributed by atoms with E-state index in [1.54, 1.807) is 7.11 Å². The zero-order chi connectivity index (χ0) is 11.0. The van der Waals surface area contributed by atoms with Crippen LogP contribution in [-0.4, -0.2) is 32.0 Å². The van der Waals surface area contributed by atoms with Gasteiger partial charge in [0.05, 0.1) is 12.2 Å². The summed E-state index contributed by atoms with van der Waals surface area (Å²) < 4.78 is 10.8. The Morgan fingerprint density at radius 3 is 2.50 bits per heavy atom. The summed E-state index contributed by atoms with van der Waals surface area (Å²) in [5, 5.41) is 0. The van der Waals surface area contributed by atoms with Crippen LogP contribution >= 0.6 is 0 Å². The van der Waals surface area contributed by atoms with E-state index in [2.05, 4.69) is 20.8 Å². The minimum absolute atomic E-state index is 0.0884. The lowest BCUT2D eigenvalue weighted by Crippen LogP contribution is -2.29. The SMILES string of the molecule is CCCC(N)COCCC(C)(C)OC. The predicted molar refractivity (Wildman–Crippen MR) is 59.4 cm³/mol. The average molecular weight is 203 g/mol. The summed E-state index contributed by atoms with van der Waals surface area (Å²) in [5.74, 6) is 0. The Labute approximate surface area is 88.0 Å². The van der Waals surface area contributed by atoms with Crippen LogP contribution in [0, 0.1) is 0 Å². The molecule has 3 nitrogen and oxygen atoms in total. The predicted octanol–water partition coefficient (Wildman–Crippen LogP) is 1.95. The lowest BCUT2D eigenvalue weighted by Gasteiger charge is -2.22. The van der Waals surface area contributed by atoms with E-state index in [0.29, 0.717) is 6.61 Å². The Kier molecular flexibility index (Phi) is 7.15. The second-order valence-corrected chi connectivity index (χ2v) is 4.34. The molecule has 0 saturated carbocycles. The van der Waals surface area contributed by atoms with Crippen LogP contribution in [0.15, 0.2) is 0 Å². The van der Waals surface area contributed by atoms with Crippen molar-refractivity contribution in [3.8, 4) is 0 Å². The maximum absolute atomic E-state index is 5.81. The van der Waals surface area contributed by atoms with Crippen molar-refractivity contribution in [1.82, 2.24) is 0 Å². The highest BCUT2D eigenvalue weighted by Crippen LogP contribution is 2.12. The van der Waals surface area contributed by atoms with E-state index in [1.807, 2.05) is 0 Å². The first kappa shape index (κ1) is 13.9. The zero-order valence-corrected chi connectivity index (χ0v) is 10.0. The van der Waals surface area contributed by atoms with Gasteiger partial charge in [0.2, 0.25) is 0 Å². The molecule has 0 radical (unpaired) electrons. The highest BCUT2D eigenvalue weighted by atomic mass is 16.5. The summed E-state index contributed by atoms with van der Waals surface area (Å²) in [6.45, 7) is 7.63. The first-order chi connectivity index (χ1) is 6.52. The van der Waals surface area contributed by atoms with Crippen molar-refractivity contribution in [1.29, 1.82) is 0 Å².